The molecule has 0 saturated carbocycles. The summed E-state index contributed by atoms with van der Waals surface area (Å²) in [6, 6.07) is 11.2. The summed E-state index contributed by atoms with van der Waals surface area (Å²) in [6.07, 6.45) is 1.88. The lowest BCUT2D eigenvalue weighted by Gasteiger charge is -2.09. The minimum atomic E-state index is -0.610. The van der Waals surface area contributed by atoms with Gasteiger partial charge in [-0.05, 0) is 30.3 Å². The van der Waals surface area contributed by atoms with Crippen LogP contribution in [-0.4, -0.2) is 10.7 Å². The lowest BCUT2D eigenvalue weighted by molar-refractivity contribution is -0.402. The smallest absolute Gasteiger partial charge is 0.250 e. The molecule has 0 amide bonds. The highest BCUT2D eigenvalue weighted by atomic mass is 35.5. The Morgan fingerprint density at radius 1 is 1.14 bits per heavy atom. The Kier molecular flexibility index (Phi) is 5.14. The Labute approximate surface area is 136 Å². The summed E-state index contributed by atoms with van der Waals surface area (Å²) in [4.78, 5) is 22.2. The SMILES string of the molecule is O=C(c1cccc(Cl)c1)c1cc(Cl)ccc1N/C=C/[N+](=O)[O-]. The summed E-state index contributed by atoms with van der Waals surface area (Å²) in [5.41, 5.74) is 1.10. The van der Waals surface area contributed by atoms with Gasteiger partial charge in [0.05, 0.1) is 11.1 Å². The maximum Gasteiger partial charge on any atom is 0.250 e. The van der Waals surface area contributed by atoms with Crippen molar-refractivity contribution in [3.8, 4) is 0 Å². The number of carbonyl (C=O) groups is 1. The van der Waals surface area contributed by atoms with Gasteiger partial charge in [0.2, 0.25) is 6.20 Å². The molecule has 0 aliphatic rings. The first-order chi connectivity index (χ1) is 10.5. The molecule has 1 N–H and O–H groups in total. The third-order valence-electron chi connectivity index (χ3n) is 2.75. The number of ketones is 1. The second-order valence-corrected chi connectivity index (χ2v) is 5.15. The standard InChI is InChI=1S/C15H10Cl2N2O3/c16-11-3-1-2-10(8-11)15(20)13-9-12(17)4-5-14(13)18-6-7-19(21)22/h1-9,18H/b7-6+. The topological polar surface area (TPSA) is 72.2 Å². The van der Waals surface area contributed by atoms with Gasteiger partial charge in [0.1, 0.15) is 0 Å². The fourth-order valence-electron chi connectivity index (χ4n) is 1.80. The van der Waals surface area contributed by atoms with Crippen molar-refractivity contribution in [2.75, 3.05) is 5.32 Å². The Hall–Kier alpha value is -2.37. The van der Waals surface area contributed by atoms with Crippen LogP contribution >= 0.6 is 23.2 Å². The van der Waals surface area contributed by atoms with Crippen molar-refractivity contribution in [2.24, 2.45) is 0 Å². The molecule has 2 aromatic rings. The Bertz CT molecular complexity index is 760. The van der Waals surface area contributed by atoms with Gasteiger partial charge in [-0.25, -0.2) is 0 Å². The van der Waals surface area contributed by atoms with E-state index in [0.29, 0.717) is 26.9 Å². The molecule has 2 rings (SSSR count). The lowest BCUT2D eigenvalue weighted by atomic mass is 10.0. The van der Waals surface area contributed by atoms with E-state index < -0.39 is 4.92 Å². The summed E-state index contributed by atoms with van der Waals surface area (Å²) in [6.45, 7) is 0. The summed E-state index contributed by atoms with van der Waals surface area (Å²) < 4.78 is 0. The van der Waals surface area contributed by atoms with E-state index in [1.807, 2.05) is 0 Å². The molecule has 112 valence electrons. The van der Waals surface area contributed by atoms with Crippen LogP contribution in [0.15, 0.2) is 54.9 Å². The maximum absolute atomic E-state index is 12.6. The van der Waals surface area contributed by atoms with Gasteiger partial charge in [-0.1, -0.05) is 35.3 Å². The van der Waals surface area contributed by atoms with E-state index in [9.17, 15) is 14.9 Å². The first-order valence-corrected chi connectivity index (χ1v) is 6.89. The van der Waals surface area contributed by atoms with Gasteiger partial charge in [0.15, 0.2) is 5.78 Å². The summed E-state index contributed by atoms with van der Waals surface area (Å²) in [7, 11) is 0. The average molecular weight is 337 g/mol. The van der Waals surface area contributed by atoms with Crippen molar-refractivity contribution in [1.82, 2.24) is 0 Å². The highest BCUT2D eigenvalue weighted by Crippen LogP contribution is 2.24. The zero-order valence-electron chi connectivity index (χ0n) is 11.1. The van der Waals surface area contributed by atoms with Crippen LogP contribution in [0.1, 0.15) is 15.9 Å². The molecule has 0 aliphatic heterocycles. The van der Waals surface area contributed by atoms with Crippen molar-refractivity contribution in [3.05, 3.63) is 86.2 Å². The molecule has 0 unspecified atom stereocenters. The minimum absolute atomic E-state index is 0.290. The molecule has 2 aromatic carbocycles. The van der Waals surface area contributed by atoms with Crippen LogP contribution in [0.3, 0.4) is 0 Å². The van der Waals surface area contributed by atoms with Crippen LogP contribution in [0, 0.1) is 10.1 Å². The number of rotatable bonds is 5. The molecule has 7 heteroatoms. The van der Waals surface area contributed by atoms with E-state index in [1.165, 1.54) is 6.07 Å². The second kappa shape index (κ2) is 7.06. The largest absolute Gasteiger partial charge is 0.356 e. The quantitative estimate of drug-likeness (QED) is 0.499. The third kappa shape index (κ3) is 4.07. The number of benzene rings is 2. The predicted octanol–water partition coefficient (Wildman–Crippen LogP) is 4.38. The van der Waals surface area contributed by atoms with Crippen molar-refractivity contribution >= 4 is 34.7 Å². The number of anilines is 1. The lowest BCUT2D eigenvalue weighted by Crippen LogP contribution is -2.05. The molecule has 0 aliphatic carbocycles. The van der Waals surface area contributed by atoms with E-state index >= 15 is 0 Å². The molecule has 0 heterocycles. The fourth-order valence-corrected chi connectivity index (χ4v) is 2.17. The summed E-state index contributed by atoms with van der Waals surface area (Å²) >= 11 is 11.8. The van der Waals surface area contributed by atoms with Crippen LogP contribution in [0.5, 0.6) is 0 Å². The number of nitro groups is 1. The third-order valence-corrected chi connectivity index (χ3v) is 3.22. The maximum atomic E-state index is 12.6. The van der Waals surface area contributed by atoms with Crippen molar-refractivity contribution < 1.29 is 9.72 Å². The summed E-state index contributed by atoms with van der Waals surface area (Å²) in [5, 5.41) is 13.8. The van der Waals surface area contributed by atoms with E-state index in [0.717, 1.165) is 12.4 Å². The Balaban J connectivity index is 2.38. The molecule has 0 saturated heterocycles. The minimum Gasteiger partial charge on any atom is -0.356 e. The van der Waals surface area contributed by atoms with E-state index in [-0.39, 0.29) is 5.78 Å². The molecule has 5 nitrogen and oxygen atoms in total. The van der Waals surface area contributed by atoms with Crippen LogP contribution in [0.2, 0.25) is 10.0 Å². The average Bonchev–Trinajstić information content (AvgIpc) is 2.47. The monoisotopic (exact) mass is 336 g/mol. The first-order valence-electron chi connectivity index (χ1n) is 6.14. The van der Waals surface area contributed by atoms with Gasteiger partial charge in [-0.2, -0.15) is 0 Å². The molecule has 0 bridgehead atoms. The summed E-state index contributed by atoms with van der Waals surface area (Å²) in [5.74, 6) is -0.290. The number of nitrogens with one attached hydrogen (secondary N) is 1. The van der Waals surface area contributed by atoms with Crippen LogP contribution in [-0.2, 0) is 0 Å². The van der Waals surface area contributed by atoms with Crippen LogP contribution in [0.4, 0.5) is 5.69 Å². The molecule has 0 fully saturated rings. The molecule has 0 atom stereocenters. The van der Waals surface area contributed by atoms with E-state index in [1.54, 1.807) is 36.4 Å². The van der Waals surface area contributed by atoms with Gasteiger partial charge in [-0.3, -0.25) is 14.9 Å². The second-order valence-electron chi connectivity index (χ2n) is 4.27. The normalized spacial score (nSPS) is 10.6. The predicted molar refractivity (Wildman–Crippen MR) is 86.1 cm³/mol. The zero-order chi connectivity index (χ0) is 16.1. The van der Waals surface area contributed by atoms with Gasteiger partial charge in [-0.15, -0.1) is 0 Å². The van der Waals surface area contributed by atoms with Gasteiger partial charge in [0.25, 0.3) is 0 Å². The molecular weight excluding hydrogens is 327 g/mol. The van der Waals surface area contributed by atoms with Crippen molar-refractivity contribution in [2.45, 2.75) is 0 Å². The fraction of sp³-hybridized carbons (Fsp3) is 0. The van der Waals surface area contributed by atoms with Gasteiger partial charge in [0, 0.05) is 26.9 Å². The highest BCUT2D eigenvalue weighted by Gasteiger charge is 2.14. The zero-order valence-corrected chi connectivity index (χ0v) is 12.6. The number of carbonyl (C=O) groups excluding carboxylic acids is 1. The Morgan fingerprint density at radius 3 is 2.55 bits per heavy atom. The van der Waals surface area contributed by atoms with E-state index in [4.69, 9.17) is 23.2 Å². The number of hydrogen-bond donors (Lipinski definition) is 1. The molecule has 0 aromatic heterocycles. The highest BCUT2D eigenvalue weighted by molar-refractivity contribution is 6.32. The molecule has 22 heavy (non-hydrogen) atoms. The number of hydrogen-bond acceptors (Lipinski definition) is 4. The van der Waals surface area contributed by atoms with E-state index in [2.05, 4.69) is 5.32 Å². The first kappa shape index (κ1) is 16.0. The number of halogens is 2. The van der Waals surface area contributed by atoms with Gasteiger partial charge >= 0.3 is 0 Å². The van der Waals surface area contributed by atoms with Crippen LogP contribution in [0.25, 0.3) is 0 Å². The Morgan fingerprint density at radius 2 is 1.86 bits per heavy atom. The van der Waals surface area contributed by atoms with Crippen LogP contribution < -0.4 is 5.32 Å². The van der Waals surface area contributed by atoms with Gasteiger partial charge < -0.3 is 5.32 Å². The molecule has 0 spiro atoms. The molecular formula is C15H10Cl2N2O3. The molecule has 0 radical (unpaired) electrons. The number of nitrogens with zero attached hydrogens (tertiary/aromatic N) is 1. The van der Waals surface area contributed by atoms with Crippen molar-refractivity contribution in [1.29, 1.82) is 0 Å². The van der Waals surface area contributed by atoms with Crippen molar-refractivity contribution in [3.63, 3.8) is 0 Å².